The molecule has 1 amide bonds. The normalized spacial score (nSPS) is 11.0. The fourth-order valence-corrected chi connectivity index (χ4v) is 2.91. The van der Waals surface area contributed by atoms with Gasteiger partial charge in [0.25, 0.3) is 5.91 Å². The van der Waals surface area contributed by atoms with Crippen LogP contribution in [0.15, 0.2) is 24.3 Å². The summed E-state index contributed by atoms with van der Waals surface area (Å²) in [6.45, 7) is 9.87. The number of rotatable bonds is 2. The summed E-state index contributed by atoms with van der Waals surface area (Å²) in [5, 5.41) is 7.35. The number of fused-ring (bicyclic) bond motifs is 1. The van der Waals surface area contributed by atoms with E-state index in [9.17, 15) is 4.79 Å². The second-order valence-electron chi connectivity index (χ2n) is 6.07. The Kier molecular flexibility index (Phi) is 3.64. The zero-order valence-electron chi connectivity index (χ0n) is 14.1. The van der Waals surface area contributed by atoms with E-state index >= 15 is 0 Å². The molecular formula is C18H20N4O. The Bertz CT molecular complexity index is 901. The van der Waals surface area contributed by atoms with Crippen LogP contribution >= 0.6 is 0 Å². The van der Waals surface area contributed by atoms with Crippen molar-refractivity contribution in [3.63, 3.8) is 0 Å². The number of nitrogens with one attached hydrogen (secondary N) is 1. The Morgan fingerprint density at radius 1 is 1.00 bits per heavy atom. The van der Waals surface area contributed by atoms with E-state index < -0.39 is 0 Å². The van der Waals surface area contributed by atoms with E-state index in [0.717, 1.165) is 28.2 Å². The highest BCUT2D eigenvalue weighted by atomic mass is 16.1. The fraction of sp³-hybridized carbons (Fsp3) is 0.278. The van der Waals surface area contributed by atoms with Crippen LogP contribution in [0.5, 0.6) is 0 Å². The van der Waals surface area contributed by atoms with Gasteiger partial charge in [0.05, 0.1) is 5.69 Å². The summed E-state index contributed by atoms with van der Waals surface area (Å²) in [6, 6.07) is 7.75. The first kappa shape index (κ1) is 15.2. The van der Waals surface area contributed by atoms with Crippen LogP contribution in [0.3, 0.4) is 0 Å². The maximum absolute atomic E-state index is 12.6. The average molecular weight is 308 g/mol. The molecule has 5 heteroatoms. The molecule has 0 radical (unpaired) electrons. The zero-order valence-corrected chi connectivity index (χ0v) is 14.1. The fourth-order valence-electron chi connectivity index (χ4n) is 2.91. The largest absolute Gasteiger partial charge is 0.320 e. The van der Waals surface area contributed by atoms with Crippen molar-refractivity contribution >= 4 is 17.2 Å². The van der Waals surface area contributed by atoms with Gasteiger partial charge in [-0.25, -0.2) is 9.50 Å². The quantitative estimate of drug-likeness (QED) is 0.788. The average Bonchev–Trinajstić information content (AvgIpc) is 2.83. The molecule has 0 bridgehead atoms. The lowest BCUT2D eigenvalue weighted by molar-refractivity contribution is 0.102. The molecule has 1 aromatic carbocycles. The lowest BCUT2D eigenvalue weighted by Crippen LogP contribution is -2.16. The van der Waals surface area contributed by atoms with Gasteiger partial charge in [0, 0.05) is 17.4 Å². The van der Waals surface area contributed by atoms with Crippen molar-refractivity contribution in [3.05, 3.63) is 58.0 Å². The molecule has 2 aromatic heterocycles. The van der Waals surface area contributed by atoms with Gasteiger partial charge in [-0.15, -0.1) is 0 Å². The molecule has 3 rings (SSSR count). The number of benzene rings is 1. The summed E-state index contributed by atoms with van der Waals surface area (Å²) >= 11 is 0. The summed E-state index contributed by atoms with van der Waals surface area (Å²) in [5.41, 5.74) is 6.98. The third-order valence-electron chi connectivity index (χ3n) is 3.88. The van der Waals surface area contributed by atoms with Crippen LogP contribution < -0.4 is 5.32 Å². The molecule has 23 heavy (non-hydrogen) atoms. The molecule has 0 atom stereocenters. The van der Waals surface area contributed by atoms with Gasteiger partial charge in [0.1, 0.15) is 5.69 Å². The van der Waals surface area contributed by atoms with Gasteiger partial charge in [-0.3, -0.25) is 4.79 Å². The van der Waals surface area contributed by atoms with E-state index in [-0.39, 0.29) is 5.91 Å². The summed E-state index contributed by atoms with van der Waals surface area (Å²) in [5.74, 6) is -0.204. The van der Waals surface area contributed by atoms with Crippen molar-refractivity contribution in [2.75, 3.05) is 5.32 Å². The van der Waals surface area contributed by atoms with Crippen LogP contribution in [0.2, 0.25) is 0 Å². The van der Waals surface area contributed by atoms with Crippen molar-refractivity contribution in [1.82, 2.24) is 14.6 Å². The van der Waals surface area contributed by atoms with Crippen molar-refractivity contribution in [1.29, 1.82) is 0 Å². The molecule has 0 aliphatic carbocycles. The Balaban J connectivity index is 1.98. The number of aryl methyl sites for hydroxylation is 5. The van der Waals surface area contributed by atoms with Crippen molar-refractivity contribution in [2.24, 2.45) is 0 Å². The number of anilines is 1. The first-order valence-electron chi connectivity index (χ1n) is 7.58. The number of amides is 1. The molecule has 0 saturated heterocycles. The van der Waals surface area contributed by atoms with E-state index in [1.54, 1.807) is 10.6 Å². The van der Waals surface area contributed by atoms with Crippen molar-refractivity contribution in [3.8, 4) is 0 Å². The lowest BCUT2D eigenvalue weighted by atomic mass is 10.0. The van der Waals surface area contributed by atoms with Gasteiger partial charge < -0.3 is 5.32 Å². The predicted molar refractivity (Wildman–Crippen MR) is 91.1 cm³/mol. The standard InChI is InChI=1S/C18H20N4O/c1-10-6-11(2)17(12(3)7-10)20-18(23)15-9-14(5)22-16(19-15)8-13(4)21-22/h6-9H,1-5H3,(H,20,23). The molecule has 0 unspecified atom stereocenters. The third kappa shape index (κ3) is 2.82. The zero-order chi connectivity index (χ0) is 16.7. The van der Waals surface area contributed by atoms with E-state index in [2.05, 4.69) is 27.5 Å². The van der Waals surface area contributed by atoms with Crippen LogP contribution in [-0.2, 0) is 0 Å². The minimum atomic E-state index is -0.204. The monoisotopic (exact) mass is 308 g/mol. The lowest BCUT2D eigenvalue weighted by Gasteiger charge is -2.13. The van der Waals surface area contributed by atoms with Crippen molar-refractivity contribution < 1.29 is 4.79 Å². The summed E-state index contributed by atoms with van der Waals surface area (Å²) in [7, 11) is 0. The Hall–Kier alpha value is -2.69. The molecule has 0 aliphatic heterocycles. The summed E-state index contributed by atoms with van der Waals surface area (Å²) in [4.78, 5) is 17.0. The first-order chi connectivity index (χ1) is 10.8. The maximum Gasteiger partial charge on any atom is 0.274 e. The Morgan fingerprint density at radius 2 is 1.65 bits per heavy atom. The highest BCUT2D eigenvalue weighted by Gasteiger charge is 2.14. The third-order valence-corrected chi connectivity index (χ3v) is 3.88. The van der Waals surface area contributed by atoms with Gasteiger partial charge >= 0.3 is 0 Å². The molecule has 2 heterocycles. The molecular weight excluding hydrogens is 288 g/mol. The van der Waals surface area contributed by atoms with E-state index in [0.29, 0.717) is 11.3 Å². The minimum absolute atomic E-state index is 0.204. The summed E-state index contributed by atoms with van der Waals surface area (Å²) in [6.07, 6.45) is 0. The second kappa shape index (κ2) is 5.50. The number of nitrogens with zero attached hydrogens (tertiary/aromatic N) is 3. The molecule has 1 N–H and O–H groups in total. The van der Waals surface area contributed by atoms with Crippen LogP contribution in [0.4, 0.5) is 5.69 Å². The van der Waals surface area contributed by atoms with Gasteiger partial charge in [0.2, 0.25) is 0 Å². The Labute approximate surface area is 135 Å². The van der Waals surface area contributed by atoms with Crippen molar-refractivity contribution in [2.45, 2.75) is 34.6 Å². The number of hydrogen-bond acceptors (Lipinski definition) is 3. The van der Waals surface area contributed by atoms with Gasteiger partial charge in [0.15, 0.2) is 5.65 Å². The van der Waals surface area contributed by atoms with Gasteiger partial charge in [-0.2, -0.15) is 5.10 Å². The van der Waals surface area contributed by atoms with Gasteiger partial charge in [-0.1, -0.05) is 17.7 Å². The van der Waals surface area contributed by atoms with E-state index in [4.69, 9.17) is 0 Å². The number of carbonyl (C=O) groups excluding carboxylic acids is 1. The SMILES string of the molecule is Cc1cc(C)c(NC(=O)c2cc(C)n3nc(C)cc3n2)c(C)c1. The van der Waals surface area contributed by atoms with Crippen LogP contribution in [0.25, 0.3) is 5.65 Å². The Morgan fingerprint density at radius 3 is 2.30 bits per heavy atom. The highest BCUT2D eigenvalue weighted by molar-refractivity contribution is 6.04. The molecule has 0 spiro atoms. The number of hydrogen-bond donors (Lipinski definition) is 1. The smallest absolute Gasteiger partial charge is 0.274 e. The van der Waals surface area contributed by atoms with Crippen LogP contribution in [-0.4, -0.2) is 20.5 Å². The predicted octanol–water partition coefficient (Wildman–Crippen LogP) is 3.52. The topological polar surface area (TPSA) is 59.3 Å². The molecule has 0 fully saturated rings. The second-order valence-corrected chi connectivity index (χ2v) is 6.07. The highest BCUT2D eigenvalue weighted by Crippen LogP contribution is 2.22. The van der Waals surface area contributed by atoms with Crippen LogP contribution in [0, 0.1) is 34.6 Å². The first-order valence-corrected chi connectivity index (χ1v) is 7.58. The van der Waals surface area contributed by atoms with Gasteiger partial charge in [-0.05, 0) is 51.8 Å². The van der Waals surface area contributed by atoms with E-state index in [1.807, 2.05) is 40.7 Å². The molecule has 3 aromatic rings. The number of carbonyl (C=O) groups is 1. The maximum atomic E-state index is 12.6. The molecule has 5 nitrogen and oxygen atoms in total. The molecule has 0 saturated carbocycles. The number of aromatic nitrogens is 3. The molecule has 0 aliphatic rings. The molecule has 118 valence electrons. The van der Waals surface area contributed by atoms with Crippen LogP contribution in [0.1, 0.15) is 38.6 Å². The summed E-state index contributed by atoms with van der Waals surface area (Å²) < 4.78 is 1.74. The van der Waals surface area contributed by atoms with E-state index in [1.165, 1.54) is 5.56 Å². The minimum Gasteiger partial charge on any atom is -0.320 e.